The fourth-order valence-electron chi connectivity index (χ4n) is 2.13. The van der Waals surface area contributed by atoms with Gasteiger partial charge in [0, 0.05) is 19.1 Å². The number of carboxylic acids is 1. The van der Waals surface area contributed by atoms with Gasteiger partial charge < -0.3 is 19.9 Å². The lowest BCUT2D eigenvalue weighted by atomic mass is 9.82. The van der Waals surface area contributed by atoms with Gasteiger partial charge in [0.1, 0.15) is 0 Å². The summed E-state index contributed by atoms with van der Waals surface area (Å²) in [5, 5.41) is 11.6. The third kappa shape index (κ3) is 1.65. The first-order valence-corrected chi connectivity index (χ1v) is 4.93. The second kappa shape index (κ2) is 3.69. The van der Waals surface area contributed by atoms with Gasteiger partial charge in [0.05, 0.1) is 6.54 Å². The highest BCUT2D eigenvalue weighted by Crippen LogP contribution is 2.33. The van der Waals surface area contributed by atoms with Crippen molar-refractivity contribution in [2.45, 2.75) is 18.4 Å². The summed E-state index contributed by atoms with van der Waals surface area (Å²) >= 11 is 0. The Hall–Kier alpha value is -1.30. The minimum Gasteiger partial charge on any atom is -0.478 e. The monoisotopic (exact) mass is 215 g/mol. The molecule has 15 heavy (non-hydrogen) atoms. The van der Waals surface area contributed by atoms with Gasteiger partial charge in [0.15, 0.2) is 0 Å². The van der Waals surface area contributed by atoms with Crippen LogP contribution in [0.5, 0.6) is 0 Å². The molecule has 2 saturated heterocycles. The molecule has 6 heteroatoms. The zero-order valence-corrected chi connectivity index (χ0v) is 8.19. The highest BCUT2D eigenvalue weighted by atomic mass is 16.6. The Balaban J connectivity index is 2.18. The Kier molecular flexibility index (Phi) is 2.52. The van der Waals surface area contributed by atoms with Gasteiger partial charge in [-0.05, 0) is 12.8 Å². The number of aliphatic carboxylic acids is 1. The fourth-order valence-corrected chi connectivity index (χ4v) is 2.13. The van der Waals surface area contributed by atoms with Crippen molar-refractivity contribution in [2.75, 3.05) is 19.8 Å². The normalized spacial score (nSPS) is 32.1. The summed E-state index contributed by atoms with van der Waals surface area (Å²) in [6.45, 7) is 1.10. The molecule has 0 bridgehead atoms. The molecular weight excluding hydrogens is 202 g/mol. The third-order valence-electron chi connectivity index (χ3n) is 3.01. The van der Waals surface area contributed by atoms with E-state index in [0.29, 0.717) is 26.1 Å². The van der Waals surface area contributed by atoms with Crippen molar-refractivity contribution in [3.05, 3.63) is 0 Å². The topological polar surface area (TPSA) is 84.9 Å². The second-order valence-corrected chi connectivity index (χ2v) is 3.82. The number of cyclic esters (lactones) is 1. The molecule has 0 aromatic heterocycles. The SMILES string of the molecule is O=C1NCC(C(=O)O)(C2CCOCC2)O1. The maximum absolute atomic E-state index is 11.2. The summed E-state index contributed by atoms with van der Waals surface area (Å²) in [4.78, 5) is 22.2. The largest absolute Gasteiger partial charge is 0.478 e. The molecule has 2 aliphatic heterocycles. The van der Waals surface area contributed by atoms with Crippen LogP contribution in [0.25, 0.3) is 0 Å². The van der Waals surface area contributed by atoms with E-state index in [1.165, 1.54) is 0 Å². The Bertz CT molecular complexity index is 286. The lowest BCUT2D eigenvalue weighted by Crippen LogP contribution is -2.50. The van der Waals surface area contributed by atoms with Crippen LogP contribution >= 0.6 is 0 Å². The summed E-state index contributed by atoms with van der Waals surface area (Å²) in [6.07, 6.45) is 0.576. The molecule has 0 aromatic rings. The second-order valence-electron chi connectivity index (χ2n) is 3.82. The van der Waals surface area contributed by atoms with Gasteiger partial charge in [-0.15, -0.1) is 0 Å². The van der Waals surface area contributed by atoms with Gasteiger partial charge in [-0.2, -0.15) is 0 Å². The van der Waals surface area contributed by atoms with Crippen LogP contribution in [0, 0.1) is 5.92 Å². The molecule has 0 aliphatic carbocycles. The molecule has 6 nitrogen and oxygen atoms in total. The van der Waals surface area contributed by atoms with E-state index < -0.39 is 17.7 Å². The molecule has 0 spiro atoms. The van der Waals surface area contributed by atoms with E-state index in [-0.39, 0.29) is 12.5 Å². The van der Waals surface area contributed by atoms with Crippen molar-refractivity contribution >= 4 is 12.1 Å². The maximum atomic E-state index is 11.2. The minimum absolute atomic E-state index is 0.0475. The van der Waals surface area contributed by atoms with E-state index in [2.05, 4.69) is 5.32 Å². The van der Waals surface area contributed by atoms with Crippen LogP contribution in [-0.4, -0.2) is 42.5 Å². The molecular formula is C9H13NO5. The third-order valence-corrected chi connectivity index (χ3v) is 3.01. The number of nitrogens with one attached hydrogen (secondary N) is 1. The smallest absolute Gasteiger partial charge is 0.408 e. The first kappa shape index (κ1) is 10.2. The van der Waals surface area contributed by atoms with Crippen LogP contribution in [0.1, 0.15) is 12.8 Å². The Labute approximate surface area is 86.5 Å². The molecule has 0 aromatic carbocycles. The van der Waals surface area contributed by atoms with Crippen LogP contribution in [-0.2, 0) is 14.3 Å². The highest BCUT2D eigenvalue weighted by molar-refractivity contribution is 5.85. The van der Waals surface area contributed by atoms with Gasteiger partial charge >= 0.3 is 12.1 Å². The van der Waals surface area contributed by atoms with Crippen LogP contribution in [0.2, 0.25) is 0 Å². The standard InChI is InChI=1S/C9H13NO5/c11-7(12)9(5-10-8(13)15-9)6-1-3-14-4-2-6/h6H,1-5H2,(H,10,13)(H,11,12). The summed E-state index contributed by atoms with van der Waals surface area (Å²) in [6, 6.07) is 0. The van der Waals surface area contributed by atoms with Crippen molar-refractivity contribution < 1.29 is 24.2 Å². The van der Waals surface area contributed by atoms with E-state index in [9.17, 15) is 14.7 Å². The van der Waals surface area contributed by atoms with Gasteiger partial charge in [0.2, 0.25) is 5.60 Å². The summed E-state index contributed by atoms with van der Waals surface area (Å²) < 4.78 is 10.1. The summed E-state index contributed by atoms with van der Waals surface area (Å²) in [5.74, 6) is -1.24. The number of amides is 1. The molecule has 2 rings (SSSR count). The number of ether oxygens (including phenoxy) is 2. The van der Waals surface area contributed by atoms with E-state index in [1.807, 2.05) is 0 Å². The molecule has 1 atom stereocenters. The molecule has 0 radical (unpaired) electrons. The average Bonchev–Trinajstić information content (AvgIpc) is 2.63. The van der Waals surface area contributed by atoms with Crippen LogP contribution < -0.4 is 5.32 Å². The van der Waals surface area contributed by atoms with Crippen molar-refractivity contribution in [2.24, 2.45) is 5.92 Å². The predicted octanol–water partition coefficient (Wildman–Crippen LogP) is -0.0238. The van der Waals surface area contributed by atoms with Gasteiger partial charge in [-0.3, -0.25) is 0 Å². The first-order valence-electron chi connectivity index (χ1n) is 4.93. The number of alkyl carbamates (subject to hydrolysis) is 1. The molecule has 2 heterocycles. The fraction of sp³-hybridized carbons (Fsp3) is 0.778. The quantitative estimate of drug-likeness (QED) is 0.676. The van der Waals surface area contributed by atoms with E-state index in [1.54, 1.807) is 0 Å². The number of carboxylic acid groups (broad SMARTS) is 1. The van der Waals surface area contributed by atoms with Crippen molar-refractivity contribution in [1.29, 1.82) is 0 Å². The van der Waals surface area contributed by atoms with Gasteiger partial charge in [-0.1, -0.05) is 0 Å². The number of hydrogen-bond acceptors (Lipinski definition) is 4. The maximum Gasteiger partial charge on any atom is 0.408 e. The van der Waals surface area contributed by atoms with Crippen molar-refractivity contribution in [3.63, 3.8) is 0 Å². The zero-order valence-electron chi connectivity index (χ0n) is 8.19. The van der Waals surface area contributed by atoms with E-state index >= 15 is 0 Å². The summed E-state index contributed by atoms with van der Waals surface area (Å²) in [7, 11) is 0. The Morgan fingerprint density at radius 2 is 2.13 bits per heavy atom. The van der Waals surface area contributed by atoms with E-state index in [0.717, 1.165) is 0 Å². The average molecular weight is 215 g/mol. The lowest BCUT2D eigenvalue weighted by Gasteiger charge is -2.33. The van der Waals surface area contributed by atoms with Crippen LogP contribution in [0.4, 0.5) is 4.79 Å². The number of carbonyl (C=O) groups is 2. The number of carbonyl (C=O) groups excluding carboxylic acids is 1. The Morgan fingerprint density at radius 1 is 1.47 bits per heavy atom. The number of rotatable bonds is 2. The Morgan fingerprint density at radius 3 is 2.60 bits per heavy atom. The molecule has 2 fully saturated rings. The number of hydrogen-bond donors (Lipinski definition) is 2. The van der Waals surface area contributed by atoms with Crippen molar-refractivity contribution in [3.8, 4) is 0 Å². The molecule has 1 unspecified atom stereocenters. The van der Waals surface area contributed by atoms with Gasteiger partial charge in [0.25, 0.3) is 0 Å². The lowest BCUT2D eigenvalue weighted by molar-refractivity contribution is -0.163. The predicted molar refractivity (Wildman–Crippen MR) is 48.4 cm³/mol. The molecule has 0 saturated carbocycles. The molecule has 2 aliphatic rings. The molecule has 1 amide bonds. The van der Waals surface area contributed by atoms with E-state index in [4.69, 9.17) is 9.47 Å². The first-order chi connectivity index (χ1) is 7.15. The molecule has 84 valence electrons. The minimum atomic E-state index is -1.39. The van der Waals surface area contributed by atoms with Crippen molar-refractivity contribution in [1.82, 2.24) is 5.32 Å². The summed E-state index contributed by atoms with van der Waals surface area (Å²) in [5.41, 5.74) is -1.39. The zero-order chi connectivity index (χ0) is 10.9. The molecule has 2 N–H and O–H groups in total. The van der Waals surface area contributed by atoms with Crippen LogP contribution in [0.3, 0.4) is 0 Å². The van der Waals surface area contributed by atoms with Gasteiger partial charge in [-0.25, -0.2) is 9.59 Å². The van der Waals surface area contributed by atoms with Crippen LogP contribution in [0.15, 0.2) is 0 Å². The highest BCUT2D eigenvalue weighted by Gasteiger charge is 2.53.